The summed E-state index contributed by atoms with van der Waals surface area (Å²) in [6.45, 7) is 2.11. The molecule has 0 aromatic heterocycles. The molecule has 1 atom stereocenters. The maximum Gasteiger partial charge on any atom is 0.319 e. The molecule has 0 fully saturated rings. The van der Waals surface area contributed by atoms with Gasteiger partial charge >= 0.3 is 6.03 Å². The summed E-state index contributed by atoms with van der Waals surface area (Å²) in [4.78, 5) is 12.2. The van der Waals surface area contributed by atoms with E-state index in [0.717, 1.165) is 41.0 Å². The lowest BCUT2D eigenvalue weighted by Gasteiger charge is -2.35. The number of benzene rings is 2. The standard InChI is InChI=1S/C20H24N2O3/c1-14-6-3-4-8-18(14)22-19(23)21-13-20(24)11-5-7-15-12-16(25-2)9-10-17(15)20/h3-4,6,8-10,12,24H,5,7,11,13H2,1-2H3,(H2,21,22,23)/t20-/m0/s1. The third-order valence-electron chi connectivity index (χ3n) is 4.78. The lowest BCUT2D eigenvalue weighted by molar-refractivity contribution is 0.0220. The van der Waals surface area contributed by atoms with E-state index in [1.54, 1.807) is 7.11 Å². The van der Waals surface area contributed by atoms with Gasteiger partial charge < -0.3 is 20.5 Å². The van der Waals surface area contributed by atoms with Gasteiger partial charge in [-0.15, -0.1) is 0 Å². The van der Waals surface area contributed by atoms with E-state index >= 15 is 0 Å². The highest BCUT2D eigenvalue weighted by molar-refractivity contribution is 5.90. The molecular formula is C20H24N2O3. The van der Waals surface area contributed by atoms with E-state index in [1.165, 1.54) is 0 Å². The zero-order chi connectivity index (χ0) is 17.9. The van der Waals surface area contributed by atoms with Crippen LogP contribution in [-0.4, -0.2) is 24.8 Å². The maximum atomic E-state index is 12.2. The lowest BCUT2D eigenvalue weighted by Crippen LogP contribution is -2.44. The summed E-state index contributed by atoms with van der Waals surface area (Å²) in [7, 11) is 1.63. The van der Waals surface area contributed by atoms with Gasteiger partial charge in [-0.05, 0) is 61.1 Å². The van der Waals surface area contributed by atoms with E-state index in [2.05, 4.69) is 10.6 Å². The molecule has 0 saturated heterocycles. The minimum absolute atomic E-state index is 0.171. The van der Waals surface area contributed by atoms with Crippen molar-refractivity contribution in [2.75, 3.05) is 19.0 Å². The number of fused-ring (bicyclic) bond motifs is 1. The number of carbonyl (C=O) groups excluding carboxylic acids is 1. The predicted octanol–water partition coefficient (Wildman–Crippen LogP) is 3.35. The number of rotatable bonds is 4. The second-order valence-electron chi connectivity index (χ2n) is 6.53. The van der Waals surface area contributed by atoms with E-state index in [4.69, 9.17) is 4.74 Å². The van der Waals surface area contributed by atoms with Gasteiger partial charge in [0.25, 0.3) is 0 Å². The van der Waals surface area contributed by atoms with Crippen LogP contribution >= 0.6 is 0 Å². The number of urea groups is 1. The Kier molecular flexibility index (Phi) is 4.95. The molecule has 25 heavy (non-hydrogen) atoms. The van der Waals surface area contributed by atoms with Crippen molar-refractivity contribution in [3.05, 3.63) is 59.2 Å². The van der Waals surface area contributed by atoms with Crippen LogP contribution in [0.4, 0.5) is 10.5 Å². The van der Waals surface area contributed by atoms with Gasteiger partial charge in [0, 0.05) is 5.69 Å². The zero-order valence-electron chi connectivity index (χ0n) is 14.6. The minimum Gasteiger partial charge on any atom is -0.497 e. The number of aliphatic hydroxyl groups is 1. The van der Waals surface area contributed by atoms with Crippen LogP contribution in [0.15, 0.2) is 42.5 Å². The molecule has 5 heteroatoms. The van der Waals surface area contributed by atoms with Crippen LogP contribution in [0.2, 0.25) is 0 Å². The predicted molar refractivity (Wildman–Crippen MR) is 98.0 cm³/mol. The molecule has 5 nitrogen and oxygen atoms in total. The highest BCUT2D eigenvalue weighted by atomic mass is 16.5. The van der Waals surface area contributed by atoms with Crippen molar-refractivity contribution < 1.29 is 14.6 Å². The maximum absolute atomic E-state index is 12.2. The highest BCUT2D eigenvalue weighted by Crippen LogP contribution is 2.36. The molecule has 1 aliphatic rings. The topological polar surface area (TPSA) is 70.6 Å². The smallest absolute Gasteiger partial charge is 0.319 e. The van der Waals surface area contributed by atoms with Crippen LogP contribution in [0.3, 0.4) is 0 Å². The summed E-state index contributed by atoms with van der Waals surface area (Å²) in [5, 5.41) is 16.7. The monoisotopic (exact) mass is 340 g/mol. The molecule has 3 N–H and O–H groups in total. The van der Waals surface area contributed by atoms with Crippen LogP contribution in [0.25, 0.3) is 0 Å². The molecule has 0 unspecified atom stereocenters. The van der Waals surface area contributed by atoms with Crippen molar-refractivity contribution in [2.45, 2.75) is 31.8 Å². The van der Waals surface area contributed by atoms with Crippen LogP contribution in [0, 0.1) is 6.92 Å². The third-order valence-corrected chi connectivity index (χ3v) is 4.78. The molecule has 2 amide bonds. The Hall–Kier alpha value is -2.53. The molecule has 3 rings (SSSR count). The van der Waals surface area contributed by atoms with Crippen molar-refractivity contribution >= 4 is 11.7 Å². The van der Waals surface area contributed by atoms with Gasteiger partial charge in [0.15, 0.2) is 0 Å². The number of anilines is 1. The summed E-state index contributed by atoms with van der Waals surface area (Å²) in [5.41, 5.74) is 2.65. The molecule has 0 aliphatic heterocycles. The number of hydrogen-bond donors (Lipinski definition) is 3. The van der Waals surface area contributed by atoms with Gasteiger partial charge in [0.2, 0.25) is 0 Å². The Morgan fingerprint density at radius 1 is 1.28 bits per heavy atom. The number of methoxy groups -OCH3 is 1. The highest BCUT2D eigenvalue weighted by Gasteiger charge is 2.34. The van der Waals surface area contributed by atoms with Gasteiger partial charge in [-0.1, -0.05) is 24.3 Å². The number of nitrogens with one attached hydrogen (secondary N) is 2. The van der Waals surface area contributed by atoms with E-state index < -0.39 is 5.60 Å². The van der Waals surface area contributed by atoms with Crippen molar-refractivity contribution in [2.24, 2.45) is 0 Å². The zero-order valence-corrected chi connectivity index (χ0v) is 14.6. The van der Waals surface area contributed by atoms with Crippen molar-refractivity contribution in [3.63, 3.8) is 0 Å². The third kappa shape index (κ3) is 3.77. The first-order valence-electron chi connectivity index (χ1n) is 8.52. The molecule has 1 aliphatic carbocycles. The normalized spacial score (nSPS) is 19.0. The molecule has 2 aromatic rings. The molecule has 2 aromatic carbocycles. The fourth-order valence-corrected chi connectivity index (χ4v) is 3.35. The number of aryl methyl sites for hydroxylation is 2. The summed E-state index contributed by atoms with van der Waals surface area (Å²) in [6.07, 6.45) is 2.40. The number of para-hydroxylation sites is 1. The Labute approximate surface area is 148 Å². The van der Waals surface area contributed by atoms with Crippen molar-refractivity contribution in [1.82, 2.24) is 5.32 Å². The van der Waals surface area contributed by atoms with E-state index in [-0.39, 0.29) is 12.6 Å². The minimum atomic E-state index is -1.05. The van der Waals surface area contributed by atoms with Gasteiger partial charge in [0.05, 0.1) is 13.7 Å². The van der Waals surface area contributed by atoms with Crippen molar-refractivity contribution in [1.29, 1.82) is 0 Å². The van der Waals surface area contributed by atoms with Gasteiger partial charge in [-0.3, -0.25) is 0 Å². The largest absolute Gasteiger partial charge is 0.497 e. The summed E-state index contributed by atoms with van der Waals surface area (Å²) < 4.78 is 5.26. The quantitative estimate of drug-likeness (QED) is 0.799. The molecule has 132 valence electrons. The van der Waals surface area contributed by atoms with Crippen LogP contribution in [0.5, 0.6) is 5.75 Å². The Bertz CT molecular complexity index is 775. The van der Waals surface area contributed by atoms with E-state index in [9.17, 15) is 9.90 Å². The van der Waals surface area contributed by atoms with Gasteiger partial charge in [-0.25, -0.2) is 4.79 Å². The van der Waals surface area contributed by atoms with Gasteiger partial charge in [-0.2, -0.15) is 0 Å². The molecule has 0 saturated carbocycles. The molecule has 0 spiro atoms. The first-order valence-corrected chi connectivity index (χ1v) is 8.52. The Balaban J connectivity index is 1.69. The summed E-state index contributed by atoms with van der Waals surface area (Å²) in [5.74, 6) is 0.785. The summed E-state index contributed by atoms with van der Waals surface area (Å²) in [6, 6.07) is 13.0. The average Bonchev–Trinajstić information content (AvgIpc) is 2.62. The fourth-order valence-electron chi connectivity index (χ4n) is 3.35. The second kappa shape index (κ2) is 7.15. The van der Waals surface area contributed by atoms with E-state index in [0.29, 0.717) is 6.42 Å². The molecule has 0 heterocycles. The number of carbonyl (C=O) groups is 1. The molecular weight excluding hydrogens is 316 g/mol. The number of hydrogen-bond acceptors (Lipinski definition) is 3. The Morgan fingerprint density at radius 2 is 2.08 bits per heavy atom. The molecule has 0 radical (unpaired) electrons. The lowest BCUT2D eigenvalue weighted by atomic mass is 9.79. The SMILES string of the molecule is COc1ccc2c(c1)CCC[C@]2(O)CNC(=O)Nc1ccccc1C. The van der Waals surface area contributed by atoms with Crippen molar-refractivity contribution in [3.8, 4) is 5.75 Å². The van der Waals surface area contributed by atoms with Crippen LogP contribution in [-0.2, 0) is 12.0 Å². The second-order valence-corrected chi connectivity index (χ2v) is 6.53. The van der Waals surface area contributed by atoms with Gasteiger partial charge in [0.1, 0.15) is 11.4 Å². The first-order chi connectivity index (χ1) is 12.0. The molecule has 0 bridgehead atoms. The first kappa shape index (κ1) is 17.3. The number of ether oxygens (including phenoxy) is 1. The fraction of sp³-hybridized carbons (Fsp3) is 0.350. The van der Waals surface area contributed by atoms with Crippen LogP contribution < -0.4 is 15.4 Å². The average molecular weight is 340 g/mol. The van der Waals surface area contributed by atoms with E-state index in [1.807, 2.05) is 49.4 Å². The Morgan fingerprint density at radius 3 is 2.84 bits per heavy atom. The van der Waals surface area contributed by atoms with Crippen LogP contribution in [0.1, 0.15) is 29.5 Å². The number of amides is 2. The summed E-state index contributed by atoms with van der Waals surface area (Å²) >= 11 is 0.